The molecule has 0 aliphatic rings. The Bertz CT molecular complexity index is 131. The summed E-state index contributed by atoms with van der Waals surface area (Å²) in [5.74, 6) is 0.134. The third-order valence-corrected chi connectivity index (χ3v) is 2.01. The van der Waals surface area contributed by atoms with Crippen LogP contribution in [-0.2, 0) is 0 Å². The van der Waals surface area contributed by atoms with Crippen molar-refractivity contribution in [2.24, 2.45) is 11.7 Å². The Labute approximate surface area is 62.7 Å². The van der Waals surface area contributed by atoms with Crippen molar-refractivity contribution in [2.75, 3.05) is 6.54 Å². The average molecular weight is 143 g/mol. The standard InChI is InChI=1S/C8H17NO/c1-6(2)8(10,5-9)7(3)4/h7,10H,1,5,9H2,2-4H3. The molecule has 2 heteroatoms. The van der Waals surface area contributed by atoms with E-state index in [1.165, 1.54) is 0 Å². The molecule has 0 saturated carbocycles. The van der Waals surface area contributed by atoms with Crippen LogP contribution >= 0.6 is 0 Å². The molecule has 3 N–H and O–H groups in total. The van der Waals surface area contributed by atoms with Gasteiger partial charge in [0, 0.05) is 6.54 Å². The Morgan fingerprint density at radius 2 is 2.10 bits per heavy atom. The Morgan fingerprint density at radius 3 is 2.10 bits per heavy atom. The van der Waals surface area contributed by atoms with Gasteiger partial charge in [-0.2, -0.15) is 0 Å². The highest BCUT2D eigenvalue weighted by Gasteiger charge is 2.29. The Kier molecular flexibility index (Phi) is 3.06. The fourth-order valence-electron chi connectivity index (χ4n) is 0.903. The summed E-state index contributed by atoms with van der Waals surface area (Å²) in [6.07, 6.45) is 0. The van der Waals surface area contributed by atoms with Crippen LogP contribution in [0.15, 0.2) is 12.2 Å². The van der Waals surface area contributed by atoms with Crippen LogP contribution in [0.3, 0.4) is 0 Å². The summed E-state index contributed by atoms with van der Waals surface area (Å²) >= 11 is 0. The lowest BCUT2D eigenvalue weighted by Crippen LogP contribution is -2.43. The van der Waals surface area contributed by atoms with Crippen molar-refractivity contribution in [3.8, 4) is 0 Å². The summed E-state index contributed by atoms with van der Waals surface area (Å²) in [6.45, 7) is 9.60. The van der Waals surface area contributed by atoms with E-state index in [2.05, 4.69) is 6.58 Å². The van der Waals surface area contributed by atoms with Crippen molar-refractivity contribution in [3.05, 3.63) is 12.2 Å². The van der Waals surface area contributed by atoms with Crippen LogP contribution < -0.4 is 5.73 Å². The van der Waals surface area contributed by atoms with Gasteiger partial charge in [-0.25, -0.2) is 0 Å². The summed E-state index contributed by atoms with van der Waals surface area (Å²) in [5.41, 5.74) is 5.26. The molecule has 2 nitrogen and oxygen atoms in total. The van der Waals surface area contributed by atoms with E-state index in [1.54, 1.807) is 6.92 Å². The van der Waals surface area contributed by atoms with Crippen LogP contribution in [0.25, 0.3) is 0 Å². The fraction of sp³-hybridized carbons (Fsp3) is 0.750. The molecule has 0 saturated heterocycles. The first-order chi connectivity index (χ1) is 4.45. The number of aliphatic hydroxyl groups is 1. The van der Waals surface area contributed by atoms with Crippen molar-refractivity contribution < 1.29 is 5.11 Å². The zero-order valence-corrected chi connectivity index (χ0v) is 7.02. The zero-order valence-electron chi connectivity index (χ0n) is 7.02. The second-order valence-corrected chi connectivity index (χ2v) is 3.06. The highest BCUT2D eigenvalue weighted by molar-refractivity contribution is 5.11. The van der Waals surface area contributed by atoms with Gasteiger partial charge in [0.2, 0.25) is 0 Å². The summed E-state index contributed by atoms with van der Waals surface area (Å²) in [5, 5.41) is 9.75. The van der Waals surface area contributed by atoms with Crippen LogP contribution in [0.5, 0.6) is 0 Å². The van der Waals surface area contributed by atoms with Crippen LogP contribution in [0.2, 0.25) is 0 Å². The molecule has 0 fully saturated rings. The predicted octanol–water partition coefficient (Wildman–Crippen LogP) is 0.908. The monoisotopic (exact) mass is 143 g/mol. The maximum absolute atomic E-state index is 9.75. The molecule has 1 unspecified atom stereocenters. The lowest BCUT2D eigenvalue weighted by atomic mass is 9.85. The number of hydrogen-bond donors (Lipinski definition) is 2. The highest BCUT2D eigenvalue weighted by atomic mass is 16.3. The molecule has 0 rings (SSSR count). The highest BCUT2D eigenvalue weighted by Crippen LogP contribution is 2.22. The minimum absolute atomic E-state index is 0.134. The Morgan fingerprint density at radius 1 is 1.70 bits per heavy atom. The van der Waals surface area contributed by atoms with Gasteiger partial charge in [-0.15, -0.1) is 0 Å². The molecule has 0 radical (unpaired) electrons. The molecule has 0 aliphatic heterocycles. The van der Waals surface area contributed by atoms with Gasteiger partial charge in [-0.05, 0) is 18.4 Å². The van der Waals surface area contributed by atoms with Crippen LogP contribution in [0.4, 0.5) is 0 Å². The maximum Gasteiger partial charge on any atom is 0.0995 e. The molecule has 0 bridgehead atoms. The second kappa shape index (κ2) is 3.17. The number of nitrogens with two attached hydrogens (primary N) is 1. The van der Waals surface area contributed by atoms with E-state index in [0.29, 0.717) is 0 Å². The molecule has 0 aromatic heterocycles. The molecule has 0 aromatic rings. The van der Waals surface area contributed by atoms with Crippen molar-refractivity contribution in [1.29, 1.82) is 0 Å². The first kappa shape index (κ1) is 9.66. The lowest BCUT2D eigenvalue weighted by Gasteiger charge is -2.31. The minimum Gasteiger partial charge on any atom is -0.384 e. The van der Waals surface area contributed by atoms with E-state index in [9.17, 15) is 5.11 Å². The van der Waals surface area contributed by atoms with E-state index >= 15 is 0 Å². The summed E-state index contributed by atoms with van der Waals surface area (Å²) in [4.78, 5) is 0. The topological polar surface area (TPSA) is 46.2 Å². The second-order valence-electron chi connectivity index (χ2n) is 3.06. The van der Waals surface area contributed by atoms with E-state index in [-0.39, 0.29) is 12.5 Å². The SMILES string of the molecule is C=C(C)C(O)(CN)C(C)C. The molecular weight excluding hydrogens is 126 g/mol. The molecule has 0 aliphatic carbocycles. The van der Waals surface area contributed by atoms with Gasteiger partial charge in [0.05, 0.1) is 5.60 Å². The van der Waals surface area contributed by atoms with Crippen molar-refractivity contribution >= 4 is 0 Å². The Hall–Kier alpha value is -0.340. The van der Waals surface area contributed by atoms with Crippen LogP contribution in [-0.4, -0.2) is 17.3 Å². The summed E-state index contributed by atoms with van der Waals surface area (Å²) < 4.78 is 0. The van der Waals surface area contributed by atoms with Gasteiger partial charge in [0.15, 0.2) is 0 Å². The smallest absolute Gasteiger partial charge is 0.0995 e. The van der Waals surface area contributed by atoms with Gasteiger partial charge < -0.3 is 10.8 Å². The lowest BCUT2D eigenvalue weighted by molar-refractivity contribution is 0.0406. The summed E-state index contributed by atoms with van der Waals surface area (Å²) in [6, 6.07) is 0. The fourth-order valence-corrected chi connectivity index (χ4v) is 0.903. The molecular formula is C8H17NO. The molecule has 0 spiro atoms. The number of hydrogen-bond acceptors (Lipinski definition) is 2. The molecule has 1 atom stereocenters. The van der Waals surface area contributed by atoms with Crippen LogP contribution in [0, 0.1) is 5.92 Å². The van der Waals surface area contributed by atoms with Crippen molar-refractivity contribution in [2.45, 2.75) is 26.4 Å². The quantitative estimate of drug-likeness (QED) is 0.577. The van der Waals surface area contributed by atoms with Gasteiger partial charge in [0.1, 0.15) is 0 Å². The largest absolute Gasteiger partial charge is 0.384 e. The van der Waals surface area contributed by atoms with Gasteiger partial charge in [-0.1, -0.05) is 20.4 Å². The molecule has 0 heterocycles. The van der Waals surface area contributed by atoms with Crippen LogP contribution in [0.1, 0.15) is 20.8 Å². The van der Waals surface area contributed by atoms with E-state index < -0.39 is 5.60 Å². The average Bonchev–Trinajstić information content (AvgIpc) is 1.85. The first-order valence-electron chi connectivity index (χ1n) is 3.53. The normalized spacial score (nSPS) is 17.0. The third-order valence-electron chi connectivity index (χ3n) is 2.01. The molecule has 0 aromatic carbocycles. The van der Waals surface area contributed by atoms with E-state index in [0.717, 1.165) is 5.57 Å². The third kappa shape index (κ3) is 1.58. The first-order valence-corrected chi connectivity index (χ1v) is 3.53. The predicted molar refractivity (Wildman–Crippen MR) is 43.7 cm³/mol. The van der Waals surface area contributed by atoms with E-state index in [1.807, 2.05) is 13.8 Å². The van der Waals surface area contributed by atoms with Gasteiger partial charge in [-0.3, -0.25) is 0 Å². The molecule has 0 amide bonds. The van der Waals surface area contributed by atoms with Crippen molar-refractivity contribution in [1.82, 2.24) is 0 Å². The number of rotatable bonds is 3. The zero-order chi connectivity index (χ0) is 8.36. The van der Waals surface area contributed by atoms with Crippen molar-refractivity contribution in [3.63, 3.8) is 0 Å². The van der Waals surface area contributed by atoms with Gasteiger partial charge in [0.25, 0.3) is 0 Å². The minimum atomic E-state index is -0.875. The summed E-state index contributed by atoms with van der Waals surface area (Å²) in [7, 11) is 0. The Balaban J connectivity index is 4.38. The molecule has 60 valence electrons. The van der Waals surface area contributed by atoms with Gasteiger partial charge >= 0.3 is 0 Å². The molecule has 10 heavy (non-hydrogen) atoms. The van der Waals surface area contributed by atoms with E-state index in [4.69, 9.17) is 5.73 Å². The maximum atomic E-state index is 9.75.